The van der Waals surface area contributed by atoms with Gasteiger partial charge in [0.05, 0.1) is 0 Å². The van der Waals surface area contributed by atoms with E-state index >= 15 is 0 Å². The van der Waals surface area contributed by atoms with E-state index in [1.54, 1.807) is 16.8 Å². The molecule has 144 valence electrons. The Labute approximate surface area is 171 Å². The van der Waals surface area contributed by atoms with E-state index in [4.69, 9.17) is 0 Å². The Bertz CT molecular complexity index is 754. The van der Waals surface area contributed by atoms with Gasteiger partial charge in [-0.1, -0.05) is 6.07 Å². The molecule has 0 aromatic carbocycles. The van der Waals surface area contributed by atoms with Gasteiger partial charge in [-0.3, -0.25) is 9.48 Å². The summed E-state index contributed by atoms with van der Waals surface area (Å²) in [6.07, 6.45) is 3.41. The molecule has 2 rings (SSSR count). The maximum Gasteiger partial charge on any atom is 0.250 e. The van der Waals surface area contributed by atoms with Crippen LogP contribution in [-0.2, 0) is 20.1 Å². The number of hydrogen-bond donors (Lipinski definition) is 2. The molecule has 2 aromatic rings. The third-order valence-electron chi connectivity index (χ3n) is 3.90. The average molecular weight is 473 g/mol. The van der Waals surface area contributed by atoms with Gasteiger partial charge < -0.3 is 15.2 Å². The van der Waals surface area contributed by atoms with Crippen LogP contribution in [0.25, 0.3) is 0 Å². The highest BCUT2D eigenvalue weighted by Crippen LogP contribution is 1.98. The van der Waals surface area contributed by atoms with Gasteiger partial charge in [-0.05, 0) is 32.8 Å². The summed E-state index contributed by atoms with van der Waals surface area (Å²) >= 11 is 0. The Kier molecular flexibility index (Phi) is 9.92. The lowest BCUT2D eigenvalue weighted by Gasteiger charge is -2.12. The first kappa shape index (κ1) is 22.1. The largest absolute Gasteiger partial charge is 0.357 e. The molecule has 8 nitrogen and oxygen atoms in total. The van der Waals surface area contributed by atoms with Gasteiger partial charge in [-0.15, -0.1) is 24.0 Å². The van der Waals surface area contributed by atoms with Crippen molar-refractivity contribution in [2.75, 3.05) is 13.1 Å². The van der Waals surface area contributed by atoms with Crippen molar-refractivity contribution in [3.63, 3.8) is 0 Å². The molecule has 0 unspecified atom stereocenters. The van der Waals surface area contributed by atoms with E-state index in [2.05, 4.69) is 25.7 Å². The first-order valence-corrected chi connectivity index (χ1v) is 8.63. The fraction of sp³-hybridized carbons (Fsp3) is 0.529. The van der Waals surface area contributed by atoms with Crippen molar-refractivity contribution < 1.29 is 0 Å². The molecule has 0 spiro atoms. The molecule has 0 saturated heterocycles. The molecule has 0 aliphatic rings. The summed E-state index contributed by atoms with van der Waals surface area (Å²) in [4.78, 5) is 20.5. The highest BCUT2D eigenvalue weighted by molar-refractivity contribution is 14.0. The summed E-state index contributed by atoms with van der Waals surface area (Å²) < 4.78 is 3.53. The third kappa shape index (κ3) is 6.77. The molecule has 2 N–H and O–H groups in total. The number of halogens is 1. The second-order valence-corrected chi connectivity index (χ2v) is 5.79. The molecule has 0 amide bonds. The standard InChI is InChI=1S/C17H27N7O.HI/c1-4-18-17(20-12-15-21-13-22-23(15)3)19-10-5-6-11-24-14(2)8-7-9-16(24)25;/h7-9,13H,4-6,10-12H2,1-3H3,(H2,18,19,20);1H. The number of guanidine groups is 1. The smallest absolute Gasteiger partial charge is 0.250 e. The summed E-state index contributed by atoms with van der Waals surface area (Å²) in [5, 5.41) is 10.6. The third-order valence-corrected chi connectivity index (χ3v) is 3.90. The van der Waals surface area contributed by atoms with Crippen LogP contribution in [0.1, 0.15) is 31.3 Å². The Morgan fingerprint density at radius 1 is 1.27 bits per heavy atom. The van der Waals surface area contributed by atoms with Gasteiger partial charge in [0.15, 0.2) is 5.96 Å². The van der Waals surface area contributed by atoms with Crippen molar-refractivity contribution in [1.29, 1.82) is 0 Å². The first-order chi connectivity index (χ1) is 12.1. The Morgan fingerprint density at radius 3 is 2.73 bits per heavy atom. The normalized spacial score (nSPS) is 11.1. The predicted molar refractivity (Wildman–Crippen MR) is 114 cm³/mol. The zero-order valence-corrected chi connectivity index (χ0v) is 17.9. The maximum atomic E-state index is 11.8. The van der Waals surface area contributed by atoms with Crippen molar-refractivity contribution in [3.8, 4) is 0 Å². The molecular weight excluding hydrogens is 445 g/mol. The summed E-state index contributed by atoms with van der Waals surface area (Å²) in [6, 6.07) is 5.36. The van der Waals surface area contributed by atoms with Gasteiger partial charge in [0.2, 0.25) is 0 Å². The van der Waals surface area contributed by atoms with Crippen LogP contribution in [0.3, 0.4) is 0 Å². The molecule has 0 bridgehead atoms. The summed E-state index contributed by atoms with van der Waals surface area (Å²) in [7, 11) is 1.85. The van der Waals surface area contributed by atoms with Crippen LogP contribution < -0.4 is 16.2 Å². The fourth-order valence-electron chi connectivity index (χ4n) is 2.47. The highest BCUT2D eigenvalue weighted by atomic mass is 127. The lowest BCUT2D eigenvalue weighted by molar-refractivity contribution is 0.574. The molecule has 0 atom stereocenters. The number of aryl methyl sites for hydroxylation is 2. The van der Waals surface area contributed by atoms with Crippen molar-refractivity contribution >= 4 is 29.9 Å². The van der Waals surface area contributed by atoms with Crippen LogP contribution in [0.2, 0.25) is 0 Å². The lowest BCUT2D eigenvalue weighted by atomic mass is 10.3. The number of rotatable bonds is 8. The molecule has 0 radical (unpaired) electrons. The first-order valence-electron chi connectivity index (χ1n) is 8.63. The van der Waals surface area contributed by atoms with Gasteiger partial charge in [-0.2, -0.15) is 5.10 Å². The predicted octanol–water partition coefficient (Wildman–Crippen LogP) is 1.44. The zero-order valence-electron chi connectivity index (χ0n) is 15.6. The topological polar surface area (TPSA) is 89.1 Å². The van der Waals surface area contributed by atoms with E-state index in [-0.39, 0.29) is 29.5 Å². The van der Waals surface area contributed by atoms with Crippen molar-refractivity contribution in [3.05, 3.63) is 46.4 Å². The van der Waals surface area contributed by atoms with Crippen LogP contribution in [0.5, 0.6) is 0 Å². The SMILES string of the molecule is CCNC(=NCc1ncnn1C)NCCCCn1c(C)cccc1=O.I. The molecular formula is C17H28IN7O. The number of hydrogen-bond acceptors (Lipinski definition) is 4. The minimum Gasteiger partial charge on any atom is -0.357 e. The van der Waals surface area contributed by atoms with E-state index in [0.717, 1.165) is 50.0 Å². The Hall–Kier alpha value is -1.91. The second-order valence-electron chi connectivity index (χ2n) is 5.79. The second kappa shape index (κ2) is 11.7. The lowest BCUT2D eigenvalue weighted by Crippen LogP contribution is -2.38. The van der Waals surface area contributed by atoms with Crippen LogP contribution >= 0.6 is 24.0 Å². The van der Waals surface area contributed by atoms with E-state index in [1.165, 1.54) is 6.33 Å². The number of aromatic nitrogens is 4. The fourth-order valence-corrected chi connectivity index (χ4v) is 2.47. The molecule has 9 heteroatoms. The number of nitrogens with one attached hydrogen (secondary N) is 2. The van der Waals surface area contributed by atoms with Gasteiger partial charge >= 0.3 is 0 Å². The van der Waals surface area contributed by atoms with Crippen LogP contribution in [0, 0.1) is 6.92 Å². The number of pyridine rings is 1. The monoisotopic (exact) mass is 473 g/mol. The zero-order chi connectivity index (χ0) is 18.1. The van der Waals surface area contributed by atoms with Gasteiger partial charge in [0.1, 0.15) is 18.7 Å². The quantitative estimate of drug-likeness (QED) is 0.262. The number of unbranched alkanes of at least 4 members (excludes halogenated alkanes) is 1. The molecule has 0 aliphatic heterocycles. The average Bonchev–Trinajstić information content (AvgIpc) is 2.99. The maximum absolute atomic E-state index is 11.8. The van der Waals surface area contributed by atoms with E-state index in [9.17, 15) is 4.79 Å². The number of aliphatic imine (C=N–C) groups is 1. The molecule has 0 aliphatic carbocycles. The van der Waals surface area contributed by atoms with E-state index < -0.39 is 0 Å². The van der Waals surface area contributed by atoms with Crippen molar-refractivity contribution in [1.82, 2.24) is 30.0 Å². The number of nitrogens with zero attached hydrogens (tertiary/aromatic N) is 5. The van der Waals surface area contributed by atoms with E-state index in [1.807, 2.05) is 31.5 Å². The van der Waals surface area contributed by atoms with Gasteiger partial charge in [0, 0.05) is 38.4 Å². The van der Waals surface area contributed by atoms with Crippen LogP contribution in [0.4, 0.5) is 0 Å². The highest BCUT2D eigenvalue weighted by Gasteiger charge is 2.02. The summed E-state index contributed by atoms with van der Waals surface area (Å²) in [5.74, 6) is 1.58. The van der Waals surface area contributed by atoms with Crippen LogP contribution in [0.15, 0.2) is 34.3 Å². The Balaban J connectivity index is 0.00000338. The molecule has 0 saturated carbocycles. The minimum atomic E-state index is 0. The van der Waals surface area contributed by atoms with Gasteiger partial charge in [-0.25, -0.2) is 9.98 Å². The Morgan fingerprint density at radius 2 is 2.08 bits per heavy atom. The summed E-state index contributed by atoms with van der Waals surface area (Å²) in [6.45, 7) is 6.80. The van der Waals surface area contributed by atoms with Crippen molar-refractivity contribution in [2.45, 2.75) is 39.8 Å². The molecule has 2 aromatic heterocycles. The molecule has 0 fully saturated rings. The molecule has 2 heterocycles. The van der Waals surface area contributed by atoms with E-state index in [0.29, 0.717) is 6.54 Å². The minimum absolute atomic E-state index is 0. The van der Waals surface area contributed by atoms with Crippen molar-refractivity contribution in [2.24, 2.45) is 12.0 Å². The molecule has 26 heavy (non-hydrogen) atoms. The van der Waals surface area contributed by atoms with Crippen LogP contribution in [-0.4, -0.2) is 38.4 Å². The van der Waals surface area contributed by atoms with Gasteiger partial charge in [0.25, 0.3) is 5.56 Å². The summed E-state index contributed by atoms with van der Waals surface area (Å²) in [5.41, 5.74) is 1.06.